The van der Waals surface area contributed by atoms with Gasteiger partial charge in [-0.2, -0.15) is 0 Å². The van der Waals surface area contributed by atoms with E-state index in [-0.39, 0.29) is 96.8 Å². The quantitative estimate of drug-likeness (QED) is 0.0173. The molecule has 0 bridgehead atoms. The third-order valence-corrected chi connectivity index (χ3v) is 17.6. The van der Waals surface area contributed by atoms with Gasteiger partial charge in [-0.3, -0.25) is 76.5 Å². The molecule has 1 aromatic carbocycles. The molecule has 0 radical (unpaired) electrons. The molecule has 6 amide bonds. The minimum absolute atomic E-state index is 0.00546. The van der Waals surface area contributed by atoms with Crippen molar-refractivity contribution in [2.75, 3.05) is 96.2 Å². The number of guanidine groups is 1. The third kappa shape index (κ3) is 27.7. The summed E-state index contributed by atoms with van der Waals surface area (Å²) in [6.07, 6.45) is -4.90. The van der Waals surface area contributed by atoms with Crippen LogP contribution in [0.2, 0.25) is 0 Å². The maximum absolute atomic E-state index is 14.1. The number of carbonyl (C=O) groups is 9. The zero-order chi connectivity index (χ0) is 58.1. The predicted octanol–water partition coefficient (Wildman–Crippen LogP) is -2.94. The van der Waals surface area contributed by atoms with Crippen molar-refractivity contribution in [3.8, 4) is 0 Å². The average Bonchev–Trinajstić information content (AvgIpc) is 3.43. The van der Waals surface area contributed by atoms with Crippen LogP contribution in [0.5, 0.6) is 0 Å². The van der Waals surface area contributed by atoms with Gasteiger partial charge in [0.15, 0.2) is 5.96 Å². The van der Waals surface area contributed by atoms with Gasteiger partial charge in [-0.25, -0.2) is 0 Å². The van der Waals surface area contributed by atoms with Gasteiger partial charge in [0.25, 0.3) is 0 Å². The second kappa shape index (κ2) is 32.9. The van der Waals surface area contributed by atoms with Crippen LogP contribution >= 0.6 is 22.1 Å². The molecule has 2 aliphatic heterocycles. The van der Waals surface area contributed by atoms with Crippen LogP contribution in [0, 0.1) is 0 Å². The Kier molecular flexibility index (Phi) is 28.0. The third-order valence-electron chi connectivity index (χ3n) is 12.3. The van der Waals surface area contributed by atoms with Crippen molar-refractivity contribution in [2.45, 2.75) is 88.4 Å². The monoisotopic (exact) mass is 1160 g/mol. The summed E-state index contributed by atoms with van der Waals surface area (Å²) in [5.74, 6) is -9.32. The van der Waals surface area contributed by atoms with Gasteiger partial charge in [0, 0.05) is 83.7 Å². The van der Waals surface area contributed by atoms with E-state index in [2.05, 4.69) is 36.9 Å². The van der Waals surface area contributed by atoms with Gasteiger partial charge >= 0.3 is 17.9 Å². The van der Waals surface area contributed by atoms with Crippen LogP contribution in [0.15, 0.2) is 35.3 Å². The van der Waals surface area contributed by atoms with E-state index < -0.39 is 169 Å². The van der Waals surface area contributed by atoms with Gasteiger partial charge in [-0.05, 0) is 37.7 Å². The molecule has 3 unspecified atom stereocenters. The van der Waals surface area contributed by atoms with Crippen LogP contribution in [-0.4, -0.2) is 224 Å². The number of amides is 6. The predicted molar refractivity (Wildman–Crippen MR) is 282 cm³/mol. The average molecular weight is 1170 g/mol. The summed E-state index contributed by atoms with van der Waals surface area (Å²) in [5, 5.41) is 42.7. The summed E-state index contributed by atoms with van der Waals surface area (Å²) in [4.78, 5) is 156. The van der Waals surface area contributed by atoms with Gasteiger partial charge in [0.2, 0.25) is 57.5 Å². The molecule has 2 heterocycles. The zero-order valence-corrected chi connectivity index (χ0v) is 45.9. The van der Waals surface area contributed by atoms with E-state index in [0.717, 1.165) is 0 Å². The Labute approximate surface area is 450 Å². The van der Waals surface area contributed by atoms with Crippen molar-refractivity contribution in [1.82, 2.24) is 46.6 Å². The Balaban J connectivity index is 1.73. The van der Waals surface area contributed by atoms with Crippen molar-refractivity contribution < 1.29 is 86.8 Å². The number of carboxylic acid groups (broad SMARTS) is 3. The molecular weight excluding hydrogens is 1090 g/mol. The highest BCUT2D eigenvalue weighted by molar-refractivity contribution is 7.58. The van der Waals surface area contributed by atoms with E-state index in [4.69, 9.17) is 21.7 Å². The van der Waals surface area contributed by atoms with Crippen LogP contribution in [0.3, 0.4) is 0 Å². The Morgan fingerprint density at radius 1 is 0.590 bits per heavy atom. The summed E-state index contributed by atoms with van der Waals surface area (Å²) in [5.41, 5.74) is 11.4. The normalized spacial score (nSPS) is 22.2. The molecule has 2 fully saturated rings. The first kappa shape index (κ1) is 66.4. The van der Waals surface area contributed by atoms with Crippen LogP contribution in [-0.2, 0) is 63.3 Å². The lowest BCUT2D eigenvalue weighted by atomic mass is 10.0. The smallest absolute Gasteiger partial charge is 0.305 e. The molecule has 1 aromatic rings. The molecule has 0 spiro atoms. The van der Waals surface area contributed by atoms with Crippen molar-refractivity contribution in [2.24, 2.45) is 16.5 Å². The van der Waals surface area contributed by atoms with Gasteiger partial charge in [-0.15, -0.1) is 0 Å². The number of carbonyl (C=O) groups excluding carboxylic acids is 6. The number of aliphatic imine (C=N–C) groups is 1. The van der Waals surface area contributed by atoms with Crippen LogP contribution < -0.4 is 43.4 Å². The molecule has 2 aliphatic rings. The fourth-order valence-corrected chi connectivity index (χ4v) is 13.0. The summed E-state index contributed by atoms with van der Waals surface area (Å²) < 4.78 is 39.5. The molecule has 0 aliphatic carbocycles. The first-order valence-electron chi connectivity index (χ1n) is 25.2. The van der Waals surface area contributed by atoms with E-state index in [0.29, 0.717) is 5.56 Å². The molecule has 0 aromatic heterocycles. The van der Waals surface area contributed by atoms with Gasteiger partial charge < -0.3 is 73.4 Å². The maximum Gasteiger partial charge on any atom is 0.305 e. The topological polar surface area (TPSA) is 473 Å². The second-order valence-electron chi connectivity index (χ2n) is 19.1. The fourth-order valence-electron chi connectivity index (χ4n) is 8.20. The minimum Gasteiger partial charge on any atom is -0.481 e. The Morgan fingerprint density at radius 2 is 1.04 bits per heavy atom. The molecule has 78 heavy (non-hydrogen) atoms. The van der Waals surface area contributed by atoms with Crippen molar-refractivity contribution >= 4 is 81.4 Å². The highest BCUT2D eigenvalue weighted by atomic mass is 31.2. The lowest BCUT2D eigenvalue weighted by molar-refractivity contribution is -0.141. The van der Waals surface area contributed by atoms with Crippen molar-refractivity contribution in [3.05, 3.63) is 35.9 Å². The summed E-state index contributed by atoms with van der Waals surface area (Å²) in [7, 11) is -12.1. The van der Waals surface area contributed by atoms with Crippen molar-refractivity contribution in [1.29, 1.82) is 0 Å². The molecule has 3 rings (SSSR count). The van der Waals surface area contributed by atoms with Crippen LogP contribution in [0.25, 0.3) is 0 Å². The van der Waals surface area contributed by atoms with E-state index in [1.54, 1.807) is 45.0 Å². The number of nitrogens with one attached hydrogen (secondary N) is 6. The number of nitrogens with zero attached hydrogens (tertiary/aromatic N) is 4. The molecule has 0 saturated carbocycles. The Hall–Kier alpha value is -5.83. The second-order valence-corrected chi connectivity index (χ2v) is 26.4. The molecule has 30 nitrogen and oxygen atoms in total. The molecular formula is C45H75N12O18P3. The highest BCUT2D eigenvalue weighted by Gasteiger charge is 2.34. The Morgan fingerprint density at radius 3 is 1.53 bits per heavy atom. The first-order valence-corrected chi connectivity index (χ1v) is 31.3. The summed E-state index contributed by atoms with van der Waals surface area (Å²) in [6.45, 7) is -0.118. The van der Waals surface area contributed by atoms with Gasteiger partial charge in [-0.1, -0.05) is 30.3 Å². The highest BCUT2D eigenvalue weighted by Crippen LogP contribution is 2.44. The molecule has 7 atom stereocenters. The van der Waals surface area contributed by atoms with E-state index in [1.165, 1.54) is 0 Å². The number of benzene rings is 1. The molecule has 2 saturated heterocycles. The first-order chi connectivity index (χ1) is 36.6. The lowest BCUT2D eigenvalue weighted by Gasteiger charge is -2.28. The van der Waals surface area contributed by atoms with Crippen molar-refractivity contribution in [3.63, 3.8) is 0 Å². The molecule has 33 heteroatoms. The number of carboxylic acids is 3. The molecule has 438 valence electrons. The van der Waals surface area contributed by atoms with E-state index in [1.807, 2.05) is 0 Å². The summed E-state index contributed by atoms with van der Waals surface area (Å²) >= 11 is 0. The number of nitrogens with two attached hydrogens (primary N) is 2. The number of hydrogen-bond acceptors (Lipinski definition) is 16. The standard InChI is InChI=1S/C45H75N12O18P3/c46-45(47)49-15-6-10-32-41(66)50-27-37(59)51-35(26-40(64)65)44(69)54-34(25-31-7-2-1-3-8-31)43(68)53-33(42(67)52-32)9-4-5-14-48-36(58)11-22-76(70,71)28-55-16-18-56(29-77(72,73)23-12-38(60)61)20-21-57(19-17-55)30-78(74,75)24-13-39(62)63/h1-3,7-8,32-35H,4-6,9-30H2,(H,48,58)(H,50,66)(H,51,59)(H,52,67)(H,53,68)(H,54,69)(H,60,61)(H,62,63)(H,64,65)(H,70,71)(H,72,73)(H,74,75)(H4,46,47,49)/t32-,33-,34+,35-/m0/s1. The largest absolute Gasteiger partial charge is 0.481 e. The number of hydrogen-bond donors (Lipinski definition) is 14. The van der Waals surface area contributed by atoms with Gasteiger partial charge in [0.05, 0.1) is 44.7 Å². The zero-order valence-electron chi connectivity index (χ0n) is 43.2. The van der Waals surface area contributed by atoms with Gasteiger partial charge in [0.1, 0.15) is 24.2 Å². The number of unbranched alkanes of at least 4 members (excludes halogenated alkanes) is 1. The summed E-state index contributed by atoms with van der Waals surface area (Å²) in [6, 6.07) is 2.66. The van der Waals surface area contributed by atoms with Crippen LogP contribution in [0.4, 0.5) is 0 Å². The maximum atomic E-state index is 14.1. The molecule has 16 N–H and O–H groups in total. The lowest BCUT2D eigenvalue weighted by Crippen LogP contribution is -2.58. The SMILES string of the molecule is NC(N)=NCCC[C@@H]1NC(=O)[C@H](CCCCNC(=O)CCP(=O)(O)CN2CCN(CP(=O)(O)CCC(=O)O)CCN(CP(=O)(O)CCC(=O)O)CC2)NC(=O)[C@@H](Cc2ccccc2)NC(=O)[C@H](CC(=O)O)NC(=O)CNC1=O. The van der Waals surface area contributed by atoms with Crippen LogP contribution in [0.1, 0.15) is 63.4 Å². The number of rotatable bonds is 28. The Bertz CT molecular complexity index is 2370. The minimum atomic E-state index is -4.11. The van der Waals surface area contributed by atoms with E-state index in [9.17, 15) is 76.6 Å². The number of aliphatic carboxylic acids is 3. The fraction of sp³-hybridized carbons (Fsp3) is 0.644. The van der Waals surface area contributed by atoms with E-state index >= 15 is 0 Å².